The van der Waals surface area contributed by atoms with E-state index in [-0.39, 0.29) is 0 Å². The van der Waals surface area contributed by atoms with Crippen molar-refractivity contribution in [3.63, 3.8) is 0 Å². The summed E-state index contributed by atoms with van der Waals surface area (Å²) in [6.45, 7) is 0. The second-order valence-electron chi connectivity index (χ2n) is 4.74. The van der Waals surface area contributed by atoms with E-state index in [1.807, 2.05) is 30.3 Å². The van der Waals surface area contributed by atoms with Gasteiger partial charge in [0.25, 0.3) is 5.78 Å². The van der Waals surface area contributed by atoms with Gasteiger partial charge in [-0.3, -0.25) is 14.5 Å². The Balaban J connectivity index is 2.09. The zero-order chi connectivity index (χ0) is 13.1. The summed E-state index contributed by atoms with van der Waals surface area (Å²) >= 11 is 3.41. The van der Waals surface area contributed by atoms with E-state index in [0.717, 1.165) is 33.4 Å². The second-order valence-corrected chi connectivity index (χ2v) is 5.65. The molecule has 0 aliphatic carbocycles. The minimum atomic E-state index is -0.457. The Kier molecular flexibility index (Phi) is 2.04. The summed E-state index contributed by atoms with van der Waals surface area (Å²) in [6, 6.07) is 11.4. The smallest absolute Gasteiger partial charge is 0.283 e. The lowest BCUT2D eigenvalue weighted by Crippen LogP contribution is -2.28. The third kappa shape index (κ3) is 1.32. The lowest BCUT2D eigenvalue weighted by atomic mass is 9.95. The molecule has 2 aliphatic heterocycles. The number of Topliss-reactive ketones (excluding diaryl/α,β-unsaturated/α-hetero) is 1. The molecule has 0 fully saturated rings. The second kappa shape index (κ2) is 3.54. The Morgan fingerprint density at radius 1 is 1.05 bits per heavy atom. The van der Waals surface area contributed by atoms with Crippen molar-refractivity contribution >= 4 is 39.0 Å². The fourth-order valence-electron chi connectivity index (χ4n) is 2.86. The first-order valence-corrected chi connectivity index (χ1v) is 6.75. The van der Waals surface area contributed by atoms with Gasteiger partial charge in [-0.25, -0.2) is 0 Å². The predicted molar refractivity (Wildman–Crippen MR) is 74.9 cm³/mol. The molecule has 0 radical (unpaired) electrons. The molecule has 0 saturated carbocycles. The number of hydrogen-bond acceptors (Lipinski definition) is 2. The Hall–Kier alpha value is -1.94. The van der Waals surface area contributed by atoms with Gasteiger partial charge in [0.05, 0.1) is 16.9 Å². The molecular formula is C15H8BrNO2. The van der Waals surface area contributed by atoms with Gasteiger partial charge < -0.3 is 0 Å². The molecule has 2 aromatic carbocycles. The third-order valence-electron chi connectivity index (χ3n) is 3.63. The van der Waals surface area contributed by atoms with Gasteiger partial charge in [-0.05, 0) is 29.3 Å². The normalized spacial score (nSPS) is 15.5. The number of ketones is 1. The molecule has 0 unspecified atom stereocenters. The fourth-order valence-corrected chi connectivity index (χ4v) is 3.36. The summed E-state index contributed by atoms with van der Waals surface area (Å²) in [5, 5.41) is 0. The maximum absolute atomic E-state index is 12.2. The molecule has 0 atom stereocenters. The van der Waals surface area contributed by atoms with Crippen molar-refractivity contribution in [2.75, 3.05) is 4.90 Å². The molecule has 2 aromatic rings. The maximum Gasteiger partial charge on any atom is 0.304 e. The molecule has 4 heteroatoms. The highest BCUT2D eigenvalue weighted by Crippen LogP contribution is 2.45. The summed E-state index contributed by atoms with van der Waals surface area (Å²) in [5.41, 5.74) is 4.18. The minimum absolute atomic E-state index is 0.422. The van der Waals surface area contributed by atoms with Gasteiger partial charge in [0, 0.05) is 10.9 Å². The van der Waals surface area contributed by atoms with E-state index < -0.39 is 11.7 Å². The number of para-hydroxylation sites is 1. The number of rotatable bonds is 0. The number of carbonyl (C=O) groups excluding carboxylic acids is 2. The highest BCUT2D eigenvalue weighted by atomic mass is 79.9. The Bertz CT molecular complexity index is 767. The number of amides is 1. The van der Waals surface area contributed by atoms with Gasteiger partial charge in [-0.15, -0.1) is 0 Å². The van der Waals surface area contributed by atoms with Crippen LogP contribution in [0.2, 0.25) is 0 Å². The van der Waals surface area contributed by atoms with Gasteiger partial charge in [-0.2, -0.15) is 0 Å². The number of halogens is 1. The van der Waals surface area contributed by atoms with Crippen LogP contribution in [0.1, 0.15) is 21.5 Å². The van der Waals surface area contributed by atoms with Gasteiger partial charge in [0.1, 0.15) is 0 Å². The van der Waals surface area contributed by atoms with Crippen molar-refractivity contribution in [1.29, 1.82) is 0 Å². The molecule has 2 heterocycles. The third-order valence-corrected chi connectivity index (χ3v) is 4.09. The van der Waals surface area contributed by atoms with Crippen LogP contribution in [0, 0.1) is 0 Å². The lowest BCUT2D eigenvalue weighted by molar-refractivity contribution is -0.113. The SMILES string of the molecule is O=C1C(=O)N2c3ccccc3Cc3cc(Br)cc1c32. The maximum atomic E-state index is 12.2. The highest BCUT2D eigenvalue weighted by Gasteiger charge is 2.41. The van der Waals surface area contributed by atoms with Gasteiger partial charge in [-0.1, -0.05) is 34.1 Å². The molecule has 1 amide bonds. The molecule has 0 N–H and O–H groups in total. The first-order chi connectivity index (χ1) is 9.16. The molecule has 92 valence electrons. The van der Waals surface area contributed by atoms with Crippen LogP contribution < -0.4 is 4.90 Å². The molecule has 0 aromatic heterocycles. The summed E-state index contributed by atoms with van der Waals surface area (Å²) in [7, 11) is 0. The van der Waals surface area contributed by atoms with Crippen LogP contribution in [-0.4, -0.2) is 11.7 Å². The summed E-state index contributed by atoms with van der Waals surface area (Å²) in [6.07, 6.45) is 0.745. The monoisotopic (exact) mass is 313 g/mol. The van der Waals surface area contributed by atoms with Crippen LogP contribution >= 0.6 is 15.9 Å². The first kappa shape index (κ1) is 10.9. The molecule has 0 spiro atoms. The minimum Gasteiger partial charge on any atom is -0.283 e. The Morgan fingerprint density at radius 2 is 1.84 bits per heavy atom. The predicted octanol–water partition coefficient (Wildman–Crippen LogP) is 3.21. The van der Waals surface area contributed by atoms with Crippen molar-refractivity contribution in [3.8, 4) is 0 Å². The van der Waals surface area contributed by atoms with E-state index in [9.17, 15) is 9.59 Å². The van der Waals surface area contributed by atoms with E-state index in [2.05, 4.69) is 15.9 Å². The summed E-state index contributed by atoms with van der Waals surface area (Å²) < 4.78 is 0.837. The van der Waals surface area contributed by atoms with Crippen molar-refractivity contribution < 1.29 is 9.59 Å². The number of carbonyl (C=O) groups is 2. The van der Waals surface area contributed by atoms with Crippen LogP contribution in [-0.2, 0) is 11.2 Å². The molecule has 4 rings (SSSR count). The molecule has 19 heavy (non-hydrogen) atoms. The fraction of sp³-hybridized carbons (Fsp3) is 0.0667. The quantitative estimate of drug-likeness (QED) is 0.700. The highest BCUT2D eigenvalue weighted by molar-refractivity contribution is 9.10. The lowest BCUT2D eigenvalue weighted by Gasteiger charge is -2.27. The van der Waals surface area contributed by atoms with E-state index in [1.165, 1.54) is 0 Å². The van der Waals surface area contributed by atoms with Crippen LogP contribution in [0.4, 0.5) is 11.4 Å². The average molecular weight is 314 g/mol. The number of fused-ring (bicyclic) bond motifs is 2. The summed E-state index contributed by atoms with van der Waals surface area (Å²) in [5.74, 6) is -0.879. The Labute approximate surface area is 118 Å². The molecule has 0 bridgehead atoms. The van der Waals surface area contributed by atoms with Crippen molar-refractivity contribution in [1.82, 2.24) is 0 Å². The van der Waals surface area contributed by atoms with E-state index in [1.54, 1.807) is 11.0 Å². The molecule has 0 saturated heterocycles. The largest absolute Gasteiger partial charge is 0.304 e. The number of nitrogens with zero attached hydrogens (tertiary/aromatic N) is 1. The zero-order valence-electron chi connectivity index (χ0n) is 9.81. The zero-order valence-corrected chi connectivity index (χ0v) is 11.4. The molecular weight excluding hydrogens is 306 g/mol. The van der Waals surface area contributed by atoms with Gasteiger partial charge in [0.2, 0.25) is 0 Å². The van der Waals surface area contributed by atoms with Crippen LogP contribution in [0.3, 0.4) is 0 Å². The van der Waals surface area contributed by atoms with Crippen LogP contribution in [0.15, 0.2) is 40.9 Å². The van der Waals surface area contributed by atoms with Crippen molar-refractivity contribution in [2.24, 2.45) is 0 Å². The van der Waals surface area contributed by atoms with Gasteiger partial charge >= 0.3 is 5.91 Å². The number of hydrogen-bond donors (Lipinski definition) is 0. The van der Waals surface area contributed by atoms with Crippen LogP contribution in [0.5, 0.6) is 0 Å². The standard InChI is InChI=1S/C15H8BrNO2/c16-10-6-9-5-8-3-1-2-4-12(8)17-13(9)11(7-10)14(18)15(17)19/h1-4,6-7H,5H2. The Morgan fingerprint density at radius 3 is 2.68 bits per heavy atom. The molecule has 3 nitrogen and oxygen atoms in total. The van der Waals surface area contributed by atoms with E-state index >= 15 is 0 Å². The summed E-state index contributed by atoms with van der Waals surface area (Å²) in [4.78, 5) is 25.9. The topological polar surface area (TPSA) is 37.4 Å². The average Bonchev–Trinajstić information content (AvgIpc) is 2.65. The van der Waals surface area contributed by atoms with Gasteiger partial charge in [0.15, 0.2) is 0 Å². The van der Waals surface area contributed by atoms with Crippen molar-refractivity contribution in [3.05, 3.63) is 57.6 Å². The first-order valence-electron chi connectivity index (χ1n) is 5.96. The van der Waals surface area contributed by atoms with Crippen LogP contribution in [0.25, 0.3) is 0 Å². The molecule has 2 aliphatic rings. The number of benzene rings is 2. The van der Waals surface area contributed by atoms with E-state index in [0.29, 0.717) is 5.56 Å². The van der Waals surface area contributed by atoms with E-state index in [4.69, 9.17) is 0 Å². The van der Waals surface area contributed by atoms with Crippen molar-refractivity contribution in [2.45, 2.75) is 6.42 Å². The number of anilines is 2.